The first-order chi connectivity index (χ1) is 13.4. The number of carbonyl (C=O) groups is 2. The number of aliphatic hydroxyl groups excluding tert-OH is 1. The molecule has 4 nitrogen and oxygen atoms in total. The number of hydrogen-bond donors (Lipinski definition) is 2. The maximum Gasteiger partial charge on any atom is 0.186 e. The average Bonchev–Trinajstić information content (AvgIpc) is 2.97. The summed E-state index contributed by atoms with van der Waals surface area (Å²) < 4.78 is 0. The van der Waals surface area contributed by atoms with Gasteiger partial charge in [0.1, 0.15) is 5.75 Å². The fourth-order valence-electron chi connectivity index (χ4n) is 6.63. The van der Waals surface area contributed by atoms with E-state index in [0.29, 0.717) is 23.3 Å². The molecule has 5 rings (SSSR count). The summed E-state index contributed by atoms with van der Waals surface area (Å²) in [6, 6.07) is 3.49. The first kappa shape index (κ1) is 17.9. The van der Waals surface area contributed by atoms with Gasteiger partial charge in [0.25, 0.3) is 0 Å². The van der Waals surface area contributed by atoms with Crippen molar-refractivity contribution in [3.63, 3.8) is 0 Å². The molecule has 0 radical (unpaired) electrons. The highest BCUT2D eigenvalue weighted by atomic mass is 16.3. The molecular weight excluding hydrogens is 352 g/mol. The fourth-order valence-corrected chi connectivity index (χ4v) is 6.63. The van der Waals surface area contributed by atoms with E-state index in [0.717, 1.165) is 55.2 Å². The van der Waals surface area contributed by atoms with E-state index in [-0.39, 0.29) is 28.8 Å². The lowest BCUT2D eigenvalue weighted by Crippen LogP contribution is -2.44. The second kappa shape index (κ2) is 6.15. The minimum absolute atomic E-state index is 0.00557. The predicted octanol–water partition coefficient (Wildman–Crippen LogP) is 3.70. The third-order valence-electron chi connectivity index (χ3n) is 8.00. The van der Waals surface area contributed by atoms with E-state index in [9.17, 15) is 19.8 Å². The molecule has 2 saturated carbocycles. The summed E-state index contributed by atoms with van der Waals surface area (Å²) in [7, 11) is 0. The normalized spacial score (nSPS) is 36.6. The summed E-state index contributed by atoms with van der Waals surface area (Å²) in [6.07, 6.45) is 9.64. The topological polar surface area (TPSA) is 74.6 Å². The smallest absolute Gasteiger partial charge is 0.186 e. The van der Waals surface area contributed by atoms with Gasteiger partial charge in [-0.25, -0.2) is 0 Å². The van der Waals surface area contributed by atoms with Crippen LogP contribution in [-0.2, 0) is 16.0 Å². The van der Waals surface area contributed by atoms with Gasteiger partial charge in [0, 0.05) is 5.57 Å². The SMILES string of the molecule is C[C@]12CC[C@@H]3c4c(cc(O)cc4C4=CC(=O)C=CC4=O)CC[C@H]3[C@@H]1CC[C@H]2O. The molecule has 4 heteroatoms. The summed E-state index contributed by atoms with van der Waals surface area (Å²) in [5, 5.41) is 20.9. The summed E-state index contributed by atoms with van der Waals surface area (Å²) in [5.74, 6) is 1.09. The van der Waals surface area contributed by atoms with Crippen LogP contribution in [0, 0.1) is 17.3 Å². The molecule has 4 aliphatic carbocycles. The molecule has 0 saturated heterocycles. The van der Waals surface area contributed by atoms with Gasteiger partial charge in [-0.2, -0.15) is 0 Å². The Morgan fingerprint density at radius 2 is 1.89 bits per heavy atom. The molecule has 2 fully saturated rings. The lowest BCUT2D eigenvalue weighted by atomic mass is 9.54. The zero-order valence-electron chi connectivity index (χ0n) is 16.1. The Bertz CT molecular complexity index is 940. The Labute approximate surface area is 165 Å². The van der Waals surface area contributed by atoms with Crippen molar-refractivity contribution in [1.29, 1.82) is 0 Å². The molecule has 2 N–H and O–H groups in total. The van der Waals surface area contributed by atoms with Gasteiger partial charge >= 0.3 is 0 Å². The molecule has 0 amide bonds. The number of phenols is 1. The van der Waals surface area contributed by atoms with Gasteiger partial charge in [0.05, 0.1) is 6.10 Å². The zero-order chi connectivity index (χ0) is 19.6. The number of fused-ring (bicyclic) bond motifs is 5. The predicted molar refractivity (Wildman–Crippen MR) is 106 cm³/mol. The van der Waals surface area contributed by atoms with Gasteiger partial charge < -0.3 is 10.2 Å². The number of aromatic hydroxyl groups is 1. The van der Waals surface area contributed by atoms with Crippen LogP contribution < -0.4 is 0 Å². The number of rotatable bonds is 1. The number of benzene rings is 1. The number of hydrogen-bond acceptors (Lipinski definition) is 4. The van der Waals surface area contributed by atoms with Crippen molar-refractivity contribution in [1.82, 2.24) is 0 Å². The molecule has 0 spiro atoms. The molecule has 146 valence electrons. The standard InChI is InChI=1S/C24H26O4/c1-24-9-8-17-16(20(24)5-7-22(24)28)4-2-13-10-15(26)12-19(23(13)17)18-11-14(25)3-6-21(18)27/h3,6,10-12,16-17,20,22,26,28H,2,4-5,7-9H2,1H3/t16-,17+,20+,22-,24+/m1/s1. The van der Waals surface area contributed by atoms with Crippen LogP contribution in [0.2, 0.25) is 0 Å². The van der Waals surface area contributed by atoms with E-state index >= 15 is 0 Å². The van der Waals surface area contributed by atoms with Crippen LogP contribution in [-0.4, -0.2) is 27.9 Å². The minimum Gasteiger partial charge on any atom is -0.508 e. The van der Waals surface area contributed by atoms with Gasteiger partial charge in [0.2, 0.25) is 0 Å². The molecule has 0 bridgehead atoms. The Balaban J connectivity index is 1.63. The maximum atomic E-state index is 12.6. The number of phenolic OH excluding ortho intramolecular Hbond substituents is 1. The van der Waals surface area contributed by atoms with Crippen molar-refractivity contribution in [2.24, 2.45) is 17.3 Å². The fraction of sp³-hybridized carbons (Fsp3) is 0.500. The van der Waals surface area contributed by atoms with Crippen LogP contribution in [0.3, 0.4) is 0 Å². The van der Waals surface area contributed by atoms with Crippen LogP contribution in [0.25, 0.3) is 5.57 Å². The van der Waals surface area contributed by atoms with Crippen molar-refractivity contribution < 1.29 is 19.8 Å². The van der Waals surface area contributed by atoms with E-state index in [4.69, 9.17) is 0 Å². The van der Waals surface area contributed by atoms with Crippen molar-refractivity contribution in [3.05, 3.63) is 47.1 Å². The Morgan fingerprint density at radius 1 is 1.07 bits per heavy atom. The average molecular weight is 378 g/mol. The van der Waals surface area contributed by atoms with Crippen molar-refractivity contribution in [2.45, 2.75) is 57.5 Å². The molecule has 0 aromatic heterocycles. The van der Waals surface area contributed by atoms with Crippen LogP contribution in [0.4, 0.5) is 0 Å². The molecule has 4 aliphatic rings. The molecule has 28 heavy (non-hydrogen) atoms. The molecule has 5 atom stereocenters. The van der Waals surface area contributed by atoms with E-state index in [1.54, 1.807) is 6.07 Å². The Morgan fingerprint density at radius 3 is 2.71 bits per heavy atom. The lowest BCUT2D eigenvalue weighted by molar-refractivity contribution is -0.113. The second-order valence-corrected chi connectivity index (χ2v) is 9.28. The molecular formula is C24H26O4. The van der Waals surface area contributed by atoms with E-state index in [1.807, 2.05) is 6.07 Å². The third-order valence-corrected chi connectivity index (χ3v) is 8.00. The summed E-state index contributed by atoms with van der Waals surface area (Å²) in [6.45, 7) is 2.25. The summed E-state index contributed by atoms with van der Waals surface area (Å²) in [4.78, 5) is 24.5. The summed E-state index contributed by atoms with van der Waals surface area (Å²) in [5.41, 5.74) is 3.39. The zero-order valence-corrected chi connectivity index (χ0v) is 16.1. The van der Waals surface area contributed by atoms with Crippen LogP contribution in [0.5, 0.6) is 5.75 Å². The molecule has 0 unspecified atom stereocenters. The van der Waals surface area contributed by atoms with Crippen LogP contribution in [0.1, 0.15) is 61.6 Å². The summed E-state index contributed by atoms with van der Waals surface area (Å²) >= 11 is 0. The highest BCUT2D eigenvalue weighted by Gasteiger charge is 2.54. The molecule has 1 aromatic carbocycles. The second-order valence-electron chi connectivity index (χ2n) is 9.28. The Hall–Kier alpha value is -2.20. The Kier molecular flexibility index (Phi) is 3.92. The highest BCUT2D eigenvalue weighted by molar-refractivity contribution is 6.34. The third kappa shape index (κ3) is 2.47. The van der Waals surface area contributed by atoms with E-state index in [1.165, 1.54) is 18.2 Å². The number of ketones is 2. The van der Waals surface area contributed by atoms with Gasteiger partial charge in [-0.05, 0) is 109 Å². The number of carbonyl (C=O) groups excluding carboxylic acids is 2. The molecule has 1 aromatic rings. The van der Waals surface area contributed by atoms with Crippen molar-refractivity contribution in [2.75, 3.05) is 0 Å². The maximum absolute atomic E-state index is 12.6. The first-order valence-electron chi connectivity index (χ1n) is 10.4. The van der Waals surface area contributed by atoms with Gasteiger partial charge in [0.15, 0.2) is 11.6 Å². The van der Waals surface area contributed by atoms with Crippen LogP contribution in [0.15, 0.2) is 30.4 Å². The van der Waals surface area contributed by atoms with Crippen molar-refractivity contribution >= 4 is 17.1 Å². The highest BCUT2D eigenvalue weighted by Crippen LogP contribution is 2.61. The van der Waals surface area contributed by atoms with E-state index in [2.05, 4.69) is 6.92 Å². The minimum atomic E-state index is -0.218. The molecule has 0 heterocycles. The monoisotopic (exact) mass is 378 g/mol. The van der Waals surface area contributed by atoms with Crippen LogP contribution >= 0.6 is 0 Å². The van der Waals surface area contributed by atoms with E-state index < -0.39 is 0 Å². The first-order valence-corrected chi connectivity index (χ1v) is 10.4. The van der Waals surface area contributed by atoms with Gasteiger partial charge in [-0.15, -0.1) is 0 Å². The quantitative estimate of drug-likeness (QED) is 0.731. The largest absolute Gasteiger partial charge is 0.508 e. The lowest BCUT2D eigenvalue weighted by Gasteiger charge is -2.50. The number of aryl methyl sites for hydroxylation is 1. The van der Waals surface area contributed by atoms with Crippen molar-refractivity contribution in [3.8, 4) is 5.75 Å². The number of aliphatic hydroxyl groups is 1. The van der Waals surface area contributed by atoms with Gasteiger partial charge in [-0.1, -0.05) is 6.92 Å². The number of allylic oxidation sites excluding steroid dienone is 4. The molecule has 0 aliphatic heterocycles. The van der Waals surface area contributed by atoms with Gasteiger partial charge in [-0.3, -0.25) is 9.59 Å².